The fraction of sp³-hybridized carbons (Fsp3) is 0.600. The molecule has 0 spiro atoms. The van der Waals surface area contributed by atoms with Gasteiger partial charge < -0.3 is 33.9 Å². The van der Waals surface area contributed by atoms with Crippen molar-refractivity contribution >= 4 is 35.6 Å². The zero-order chi connectivity index (χ0) is 35.7. The predicted molar refractivity (Wildman–Crippen MR) is 164 cm³/mol. The average molecular weight is 671 g/mol. The SMILES string of the molecule is CC(=O)O[C@@H]1[C@H]2[C@@H](OC(=O)c3ccccc3)[C@@H](C)C[C@]2(O)[C@H](OC(C)=O)[C@]2(C)C3=C(C[C@@]1(O)[C@@H]2OC(C)=O)C(=O)C(C)(C)[C@H]3OC(C)=O. The molecule has 0 amide bonds. The van der Waals surface area contributed by atoms with E-state index in [1.165, 1.54) is 19.1 Å². The van der Waals surface area contributed by atoms with Crippen molar-refractivity contribution in [3.63, 3.8) is 0 Å². The van der Waals surface area contributed by atoms with E-state index in [0.29, 0.717) is 0 Å². The Bertz CT molecular complexity index is 1600. The van der Waals surface area contributed by atoms with Crippen LogP contribution in [0.4, 0.5) is 0 Å². The highest BCUT2D eigenvalue weighted by Crippen LogP contribution is 2.66. The molecule has 2 N–H and O–H groups in total. The molecule has 1 aromatic rings. The summed E-state index contributed by atoms with van der Waals surface area (Å²) in [5, 5.41) is 26.0. The Hall–Kier alpha value is -4.10. The third-order valence-electron chi connectivity index (χ3n) is 10.5. The number of ether oxygens (including phenoxy) is 5. The van der Waals surface area contributed by atoms with Crippen molar-refractivity contribution in [3.05, 3.63) is 47.0 Å². The van der Waals surface area contributed by atoms with Crippen LogP contribution in [-0.2, 0) is 47.7 Å². The highest BCUT2D eigenvalue weighted by molar-refractivity contribution is 6.05. The molecule has 0 heterocycles. The molecule has 10 atom stereocenters. The van der Waals surface area contributed by atoms with Crippen LogP contribution < -0.4 is 0 Å². The zero-order valence-corrected chi connectivity index (χ0v) is 28.2. The molecule has 0 radical (unpaired) electrons. The summed E-state index contributed by atoms with van der Waals surface area (Å²) >= 11 is 0. The Kier molecular flexibility index (Phi) is 8.65. The van der Waals surface area contributed by atoms with E-state index in [4.69, 9.17) is 23.7 Å². The molecule has 2 saturated carbocycles. The number of hydrogen-bond donors (Lipinski definition) is 2. The molecule has 13 nitrogen and oxygen atoms in total. The standard InChI is InChI=1S/C35H42O13/c1-16-14-34(42)24(25(16)48-29(41)21-12-10-9-11-13-21)28(45-18(3)37)35(43)15-22-23(27(44-17(2)36)32(6,7)26(22)40)33(8,30(34)46-19(4)38)31(35)47-20(5)39/h9-13,16,24-25,27-28,30-31,42-43H,14-15H2,1-8H3/t16-,24+,25-,27-,28+,30+,31+,33-,34+,35-/m0/s1. The summed E-state index contributed by atoms with van der Waals surface area (Å²) in [5.41, 5.74) is -7.80. The molecule has 5 rings (SSSR count). The lowest BCUT2D eigenvalue weighted by Crippen LogP contribution is -2.66. The van der Waals surface area contributed by atoms with Crippen LogP contribution in [0.5, 0.6) is 0 Å². The van der Waals surface area contributed by atoms with E-state index >= 15 is 0 Å². The lowest BCUT2D eigenvalue weighted by Gasteiger charge is -2.53. The highest BCUT2D eigenvalue weighted by Gasteiger charge is 2.80. The van der Waals surface area contributed by atoms with Gasteiger partial charge in [-0.3, -0.25) is 24.0 Å². The minimum Gasteiger partial charge on any atom is -0.459 e. The number of hydrogen-bond acceptors (Lipinski definition) is 13. The van der Waals surface area contributed by atoms with E-state index in [0.717, 1.165) is 27.7 Å². The van der Waals surface area contributed by atoms with E-state index in [1.54, 1.807) is 39.0 Å². The van der Waals surface area contributed by atoms with E-state index in [2.05, 4.69) is 0 Å². The topological polar surface area (TPSA) is 189 Å². The maximum absolute atomic E-state index is 14.2. The molecule has 0 aromatic heterocycles. The van der Waals surface area contributed by atoms with Crippen LogP contribution >= 0.6 is 0 Å². The number of carbonyl (C=O) groups is 6. The van der Waals surface area contributed by atoms with Gasteiger partial charge in [-0.05, 0) is 50.8 Å². The second-order valence-electron chi connectivity index (χ2n) is 14.3. The van der Waals surface area contributed by atoms with Gasteiger partial charge in [0.2, 0.25) is 0 Å². The molecule has 260 valence electrons. The van der Waals surface area contributed by atoms with Crippen molar-refractivity contribution in [3.8, 4) is 0 Å². The number of Topliss-reactive ketones (excluding diaryl/α,β-unsaturated/α-hetero) is 1. The number of ketones is 1. The fourth-order valence-electron chi connectivity index (χ4n) is 8.91. The largest absolute Gasteiger partial charge is 0.459 e. The fourth-order valence-corrected chi connectivity index (χ4v) is 8.91. The molecule has 13 heteroatoms. The number of carbonyl (C=O) groups excluding carboxylic acids is 6. The summed E-state index contributed by atoms with van der Waals surface area (Å²) in [5.74, 6) is -6.82. The molecule has 0 saturated heterocycles. The summed E-state index contributed by atoms with van der Waals surface area (Å²) in [6.07, 6.45) is -8.57. The number of rotatable bonds is 6. The van der Waals surface area contributed by atoms with E-state index in [9.17, 15) is 39.0 Å². The molecule has 2 fully saturated rings. The normalized spacial score (nSPS) is 37.8. The molecular formula is C35H42O13. The summed E-state index contributed by atoms with van der Waals surface area (Å²) in [6.45, 7) is 10.7. The first kappa shape index (κ1) is 35.2. The van der Waals surface area contributed by atoms with Crippen LogP contribution in [0.15, 0.2) is 41.5 Å². The van der Waals surface area contributed by atoms with E-state index in [-0.39, 0.29) is 23.1 Å². The quantitative estimate of drug-likeness (QED) is 0.332. The average Bonchev–Trinajstić information content (AvgIpc) is 3.32. The zero-order valence-electron chi connectivity index (χ0n) is 28.2. The molecule has 48 heavy (non-hydrogen) atoms. The van der Waals surface area contributed by atoms with Crippen LogP contribution in [-0.4, -0.2) is 87.6 Å². The molecule has 0 unspecified atom stereocenters. The van der Waals surface area contributed by atoms with Gasteiger partial charge in [-0.15, -0.1) is 0 Å². The molecule has 4 aliphatic carbocycles. The smallest absolute Gasteiger partial charge is 0.338 e. The molecular weight excluding hydrogens is 628 g/mol. The van der Waals surface area contributed by atoms with Crippen molar-refractivity contribution in [1.82, 2.24) is 0 Å². The van der Waals surface area contributed by atoms with Gasteiger partial charge in [-0.25, -0.2) is 4.79 Å². The Morgan fingerprint density at radius 3 is 1.79 bits per heavy atom. The lowest BCUT2D eigenvalue weighted by molar-refractivity contribution is -0.226. The first-order valence-electron chi connectivity index (χ1n) is 15.9. The number of fused-ring (bicyclic) bond motifs is 4. The summed E-state index contributed by atoms with van der Waals surface area (Å²) in [4.78, 5) is 78.8. The van der Waals surface area contributed by atoms with E-state index in [1.807, 2.05) is 0 Å². The van der Waals surface area contributed by atoms with Crippen LogP contribution in [0.25, 0.3) is 0 Å². The van der Waals surface area contributed by atoms with Gasteiger partial charge in [0.05, 0.1) is 22.3 Å². The van der Waals surface area contributed by atoms with Gasteiger partial charge in [0, 0.05) is 39.7 Å². The van der Waals surface area contributed by atoms with Gasteiger partial charge in [0.15, 0.2) is 5.78 Å². The van der Waals surface area contributed by atoms with Crippen LogP contribution in [0.3, 0.4) is 0 Å². The number of aliphatic hydroxyl groups is 2. The summed E-state index contributed by atoms with van der Waals surface area (Å²) in [6, 6.07) is 8.04. The van der Waals surface area contributed by atoms with Gasteiger partial charge in [0.1, 0.15) is 41.7 Å². The predicted octanol–water partition coefficient (Wildman–Crippen LogP) is 2.39. The third-order valence-corrected chi connectivity index (χ3v) is 10.5. The van der Waals surface area contributed by atoms with Crippen molar-refractivity contribution in [2.45, 2.75) is 110 Å². The van der Waals surface area contributed by atoms with Crippen LogP contribution in [0, 0.1) is 22.7 Å². The molecule has 4 aliphatic rings. The van der Waals surface area contributed by atoms with Crippen LogP contribution in [0.2, 0.25) is 0 Å². The van der Waals surface area contributed by atoms with Gasteiger partial charge in [-0.2, -0.15) is 0 Å². The Morgan fingerprint density at radius 1 is 0.750 bits per heavy atom. The minimum atomic E-state index is -2.46. The first-order chi connectivity index (χ1) is 22.2. The Labute approximate surface area is 277 Å². The molecule has 1 aromatic carbocycles. The van der Waals surface area contributed by atoms with Crippen molar-refractivity contribution in [2.24, 2.45) is 22.7 Å². The second-order valence-corrected chi connectivity index (χ2v) is 14.3. The Morgan fingerprint density at radius 2 is 1.27 bits per heavy atom. The first-order valence-corrected chi connectivity index (χ1v) is 15.9. The summed E-state index contributed by atoms with van der Waals surface area (Å²) < 4.78 is 29.5. The molecule has 2 bridgehead atoms. The van der Waals surface area contributed by atoms with Gasteiger partial charge in [-0.1, -0.05) is 25.1 Å². The van der Waals surface area contributed by atoms with Crippen molar-refractivity contribution in [1.29, 1.82) is 0 Å². The van der Waals surface area contributed by atoms with Crippen molar-refractivity contribution in [2.75, 3.05) is 0 Å². The maximum atomic E-state index is 14.2. The van der Waals surface area contributed by atoms with Crippen LogP contribution in [0.1, 0.15) is 78.6 Å². The Balaban J connectivity index is 1.84. The number of esters is 5. The van der Waals surface area contributed by atoms with Gasteiger partial charge >= 0.3 is 29.8 Å². The van der Waals surface area contributed by atoms with Crippen molar-refractivity contribution < 1.29 is 62.7 Å². The second kappa shape index (κ2) is 11.8. The van der Waals surface area contributed by atoms with Gasteiger partial charge in [0.25, 0.3) is 0 Å². The maximum Gasteiger partial charge on any atom is 0.338 e. The minimum absolute atomic E-state index is 0.0107. The summed E-state index contributed by atoms with van der Waals surface area (Å²) in [7, 11) is 0. The lowest BCUT2D eigenvalue weighted by atomic mass is 9.58. The highest BCUT2D eigenvalue weighted by atomic mass is 16.6. The monoisotopic (exact) mass is 670 g/mol. The third kappa shape index (κ3) is 5.22. The molecule has 0 aliphatic heterocycles. The van der Waals surface area contributed by atoms with E-state index < -0.39 is 106 Å². The number of benzene rings is 1.